The first kappa shape index (κ1) is 15.5. The first-order valence-corrected chi connectivity index (χ1v) is 7.62. The summed E-state index contributed by atoms with van der Waals surface area (Å²) in [6, 6.07) is 16.6. The fourth-order valence-corrected chi connectivity index (χ4v) is 2.53. The zero-order chi connectivity index (χ0) is 15.1. The number of hydrogen-bond acceptors (Lipinski definition) is 3. The van der Waals surface area contributed by atoms with Crippen molar-refractivity contribution in [3.63, 3.8) is 0 Å². The van der Waals surface area contributed by atoms with Crippen molar-refractivity contribution in [2.75, 3.05) is 26.2 Å². The van der Waals surface area contributed by atoms with Crippen molar-refractivity contribution in [2.45, 2.75) is 19.9 Å². The Kier molecular flexibility index (Phi) is 5.74. The summed E-state index contributed by atoms with van der Waals surface area (Å²) < 4.78 is 0. The minimum Gasteiger partial charge on any atom is -0.303 e. The lowest BCUT2D eigenvalue weighted by Gasteiger charge is -2.19. The van der Waals surface area contributed by atoms with Crippen LogP contribution in [-0.2, 0) is 0 Å². The van der Waals surface area contributed by atoms with Crippen molar-refractivity contribution in [3.05, 3.63) is 48.0 Å². The lowest BCUT2D eigenvalue weighted by Crippen LogP contribution is -2.33. The van der Waals surface area contributed by atoms with Crippen LogP contribution in [0.3, 0.4) is 0 Å². The van der Waals surface area contributed by atoms with Gasteiger partial charge in [0.25, 0.3) is 0 Å². The summed E-state index contributed by atoms with van der Waals surface area (Å²) in [6.45, 7) is 8.21. The van der Waals surface area contributed by atoms with E-state index in [1.54, 1.807) is 0 Å². The van der Waals surface area contributed by atoms with Crippen LogP contribution >= 0.6 is 0 Å². The summed E-state index contributed by atoms with van der Waals surface area (Å²) in [6.07, 6.45) is 0. The molecule has 0 saturated heterocycles. The van der Waals surface area contributed by atoms with Gasteiger partial charge in [-0.1, -0.05) is 50.2 Å². The Bertz CT molecular complexity index is 611. The second-order valence-electron chi connectivity index (χ2n) is 5.15. The number of nitrogens with one attached hydrogen (secondary N) is 1. The van der Waals surface area contributed by atoms with E-state index in [4.69, 9.17) is 0 Å². The molecule has 2 aromatic rings. The van der Waals surface area contributed by atoms with Gasteiger partial charge in [0.2, 0.25) is 0 Å². The third-order valence-corrected chi connectivity index (χ3v) is 3.91. The second-order valence-corrected chi connectivity index (χ2v) is 5.15. The molecular weight excluding hydrogens is 258 g/mol. The Morgan fingerprint density at radius 1 is 1.10 bits per heavy atom. The molecule has 3 heteroatoms. The summed E-state index contributed by atoms with van der Waals surface area (Å²) in [5, 5.41) is 15.1. The van der Waals surface area contributed by atoms with E-state index in [-0.39, 0.29) is 6.04 Å². The second kappa shape index (κ2) is 7.78. The number of likely N-dealkylation sites (N-methyl/N-ethyl adjacent to an activating group) is 1. The molecule has 0 saturated carbocycles. The van der Waals surface area contributed by atoms with E-state index in [1.165, 1.54) is 10.8 Å². The smallest absolute Gasteiger partial charge is 0.121 e. The average molecular weight is 281 g/mol. The molecule has 0 amide bonds. The number of nitriles is 1. The fourth-order valence-electron chi connectivity index (χ4n) is 2.53. The molecule has 0 radical (unpaired) electrons. The lowest BCUT2D eigenvalue weighted by molar-refractivity contribution is 0.300. The monoisotopic (exact) mass is 281 g/mol. The average Bonchev–Trinajstić information content (AvgIpc) is 2.55. The van der Waals surface area contributed by atoms with Gasteiger partial charge in [0.1, 0.15) is 6.04 Å². The van der Waals surface area contributed by atoms with Crippen molar-refractivity contribution < 1.29 is 0 Å². The Hall–Kier alpha value is -1.89. The highest BCUT2D eigenvalue weighted by molar-refractivity contribution is 5.83. The zero-order valence-corrected chi connectivity index (χ0v) is 12.8. The van der Waals surface area contributed by atoms with Gasteiger partial charge in [-0.15, -0.1) is 0 Å². The van der Waals surface area contributed by atoms with Gasteiger partial charge >= 0.3 is 0 Å². The van der Waals surface area contributed by atoms with E-state index >= 15 is 0 Å². The van der Waals surface area contributed by atoms with Crippen LogP contribution in [-0.4, -0.2) is 31.1 Å². The third kappa shape index (κ3) is 4.04. The zero-order valence-electron chi connectivity index (χ0n) is 12.8. The van der Waals surface area contributed by atoms with E-state index in [0.717, 1.165) is 31.7 Å². The van der Waals surface area contributed by atoms with Crippen molar-refractivity contribution in [3.8, 4) is 6.07 Å². The maximum atomic E-state index is 9.41. The molecule has 0 fully saturated rings. The normalized spacial score (nSPS) is 12.5. The van der Waals surface area contributed by atoms with E-state index in [2.05, 4.69) is 54.4 Å². The molecule has 3 nitrogen and oxygen atoms in total. The van der Waals surface area contributed by atoms with Gasteiger partial charge in [0.05, 0.1) is 6.07 Å². The Balaban J connectivity index is 2.04. The molecule has 0 aliphatic carbocycles. The van der Waals surface area contributed by atoms with Crippen LogP contribution in [0.1, 0.15) is 25.5 Å². The van der Waals surface area contributed by atoms with E-state index < -0.39 is 0 Å². The van der Waals surface area contributed by atoms with Crippen LogP contribution in [0.4, 0.5) is 0 Å². The van der Waals surface area contributed by atoms with Gasteiger partial charge in [-0.2, -0.15) is 5.26 Å². The highest BCUT2D eigenvalue weighted by Crippen LogP contribution is 2.20. The maximum absolute atomic E-state index is 9.41. The largest absolute Gasteiger partial charge is 0.303 e. The van der Waals surface area contributed by atoms with Gasteiger partial charge in [-0.05, 0) is 35.5 Å². The van der Waals surface area contributed by atoms with Crippen LogP contribution in [0, 0.1) is 11.3 Å². The van der Waals surface area contributed by atoms with Gasteiger partial charge in [-0.3, -0.25) is 5.32 Å². The van der Waals surface area contributed by atoms with Crippen LogP contribution < -0.4 is 5.32 Å². The maximum Gasteiger partial charge on any atom is 0.121 e. The number of nitrogens with zero attached hydrogens (tertiary/aromatic N) is 2. The molecule has 21 heavy (non-hydrogen) atoms. The third-order valence-electron chi connectivity index (χ3n) is 3.91. The van der Waals surface area contributed by atoms with E-state index in [1.807, 2.05) is 18.2 Å². The SMILES string of the molecule is CCN(CC)CCNC(C#N)c1ccc2ccccc2c1. The summed E-state index contributed by atoms with van der Waals surface area (Å²) in [5.74, 6) is 0. The minimum absolute atomic E-state index is 0.245. The predicted molar refractivity (Wildman–Crippen MR) is 88.1 cm³/mol. The summed E-state index contributed by atoms with van der Waals surface area (Å²) in [4.78, 5) is 2.35. The molecule has 1 atom stereocenters. The summed E-state index contributed by atoms with van der Waals surface area (Å²) >= 11 is 0. The topological polar surface area (TPSA) is 39.1 Å². The van der Waals surface area contributed by atoms with Crippen LogP contribution in [0.25, 0.3) is 10.8 Å². The summed E-state index contributed by atoms with van der Waals surface area (Å²) in [7, 11) is 0. The molecule has 0 spiro atoms. The van der Waals surface area contributed by atoms with Crippen LogP contribution in [0.15, 0.2) is 42.5 Å². The molecule has 0 aliphatic heterocycles. The predicted octanol–water partition coefficient (Wildman–Crippen LogP) is 3.34. The molecule has 2 rings (SSSR count). The number of hydrogen-bond donors (Lipinski definition) is 1. The Labute approximate surface area is 127 Å². The fraction of sp³-hybridized carbons (Fsp3) is 0.389. The molecule has 110 valence electrons. The molecule has 0 aromatic heterocycles. The highest BCUT2D eigenvalue weighted by atomic mass is 15.1. The van der Waals surface area contributed by atoms with Gasteiger partial charge in [-0.25, -0.2) is 0 Å². The van der Waals surface area contributed by atoms with E-state index in [9.17, 15) is 5.26 Å². The lowest BCUT2D eigenvalue weighted by atomic mass is 10.0. The number of benzene rings is 2. The van der Waals surface area contributed by atoms with Crippen molar-refractivity contribution in [1.29, 1.82) is 5.26 Å². The number of rotatable bonds is 7. The quantitative estimate of drug-likeness (QED) is 0.846. The van der Waals surface area contributed by atoms with Crippen molar-refractivity contribution in [2.24, 2.45) is 0 Å². The molecule has 0 aliphatic rings. The molecular formula is C18H23N3. The van der Waals surface area contributed by atoms with Gasteiger partial charge in [0, 0.05) is 13.1 Å². The van der Waals surface area contributed by atoms with Crippen LogP contribution in [0.5, 0.6) is 0 Å². The Morgan fingerprint density at radius 2 is 1.81 bits per heavy atom. The van der Waals surface area contributed by atoms with Gasteiger partial charge in [0.15, 0.2) is 0 Å². The molecule has 1 unspecified atom stereocenters. The molecule has 2 aromatic carbocycles. The number of fused-ring (bicyclic) bond motifs is 1. The molecule has 1 N–H and O–H groups in total. The van der Waals surface area contributed by atoms with E-state index in [0.29, 0.717) is 0 Å². The first-order valence-electron chi connectivity index (χ1n) is 7.62. The highest BCUT2D eigenvalue weighted by Gasteiger charge is 2.10. The Morgan fingerprint density at radius 3 is 2.48 bits per heavy atom. The standard InChI is InChI=1S/C18H23N3/c1-3-21(4-2)12-11-20-18(14-19)17-10-9-15-7-5-6-8-16(15)13-17/h5-10,13,18,20H,3-4,11-12H2,1-2H3. The minimum atomic E-state index is -0.245. The molecule has 0 bridgehead atoms. The summed E-state index contributed by atoms with van der Waals surface area (Å²) in [5.41, 5.74) is 1.04. The van der Waals surface area contributed by atoms with Crippen molar-refractivity contribution >= 4 is 10.8 Å². The molecule has 0 heterocycles. The van der Waals surface area contributed by atoms with Gasteiger partial charge < -0.3 is 4.90 Å². The first-order chi connectivity index (χ1) is 10.3. The van der Waals surface area contributed by atoms with Crippen molar-refractivity contribution in [1.82, 2.24) is 10.2 Å². The van der Waals surface area contributed by atoms with Crippen LogP contribution in [0.2, 0.25) is 0 Å².